The van der Waals surface area contributed by atoms with Gasteiger partial charge in [-0.1, -0.05) is 36.3 Å². The van der Waals surface area contributed by atoms with Crippen molar-refractivity contribution in [3.63, 3.8) is 0 Å². The summed E-state index contributed by atoms with van der Waals surface area (Å²) in [6, 6.07) is 10.1. The number of rotatable bonds is 4. The van der Waals surface area contributed by atoms with Crippen molar-refractivity contribution in [1.29, 1.82) is 0 Å². The van der Waals surface area contributed by atoms with Crippen molar-refractivity contribution >= 4 is 0 Å². The van der Waals surface area contributed by atoms with Gasteiger partial charge in [-0.2, -0.15) is 0 Å². The first-order chi connectivity index (χ1) is 6.83. The Balaban J connectivity index is 2.27. The molecule has 1 heteroatoms. The number of terminal acetylenes is 1. The Kier molecular flexibility index (Phi) is 4.54. The smallest absolute Gasteiger partial charge is 0.0721 e. The second-order valence-electron chi connectivity index (χ2n) is 3.03. The SMILES string of the molecule is C#C/C(C)=C\COCc1ccccc1. The summed E-state index contributed by atoms with van der Waals surface area (Å²) in [5.41, 5.74) is 2.09. The molecule has 0 heterocycles. The van der Waals surface area contributed by atoms with Crippen LogP contribution in [0.2, 0.25) is 0 Å². The second-order valence-corrected chi connectivity index (χ2v) is 3.03. The molecule has 0 saturated heterocycles. The molecule has 0 fully saturated rings. The number of benzene rings is 1. The molecular formula is C13H14O. The molecule has 14 heavy (non-hydrogen) atoms. The molecule has 0 bridgehead atoms. The fourth-order valence-corrected chi connectivity index (χ4v) is 0.994. The van der Waals surface area contributed by atoms with Crippen LogP contribution < -0.4 is 0 Å². The van der Waals surface area contributed by atoms with E-state index in [1.165, 1.54) is 5.56 Å². The van der Waals surface area contributed by atoms with Crippen LogP contribution in [0.5, 0.6) is 0 Å². The zero-order valence-corrected chi connectivity index (χ0v) is 8.36. The van der Waals surface area contributed by atoms with Crippen molar-refractivity contribution in [2.24, 2.45) is 0 Å². The fraction of sp³-hybridized carbons (Fsp3) is 0.231. The molecule has 0 unspecified atom stereocenters. The van der Waals surface area contributed by atoms with Crippen molar-refractivity contribution in [2.45, 2.75) is 13.5 Å². The summed E-state index contributed by atoms with van der Waals surface area (Å²) in [4.78, 5) is 0. The lowest BCUT2D eigenvalue weighted by Gasteiger charge is -2.00. The molecule has 0 atom stereocenters. The average Bonchev–Trinajstić information content (AvgIpc) is 2.25. The third-order valence-corrected chi connectivity index (χ3v) is 1.85. The Bertz CT molecular complexity index is 330. The van der Waals surface area contributed by atoms with E-state index in [4.69, 9.17) is 11.2 Å². The third-order valence-electron chi connectivity index (χ3n) is 1.85. The van der Waals surface area contributed by atoms with Gasteiger partial charge < -0.3 is 4.74 Å². The Morgan fingerprint density at radius 1 is 1.43 bits per heavy atom. The number of ether oxygens (including phenoxy) is 1. The summed E-state index contributed by atoms with van der Waals surface area (Å²) in [6.07, 6.45) is 7.10. The van der Waals surface area contributed by atoms with E-state index in [1.807, 2.05) is 43.3 Å². The summed E-state index contributed by atoms with van der Waals surface area (Å²) >= 11 is 0. The Morgan fingerprint density at radius 3 is 2.79 bits per heavy atom. The molecule has 0 saturated carbocycles. The summed E-state index contributed by atoms with van der Waals surface area (Å²) in [5.74, 6) is 2.54. The molecule has 0 aliphatic carbocycles. The molecule has 0 N–H and O–H groups in total. The predicted molar refractivity (Wildman–Crippen MR) is 58.7 cm³/mol. The average molecular weight is 186 g/mol. The number of hydrogen-bond acceptors (Lipinski definition) is 1. The van der Waals surface area contributed by atoms with Gasteiger partial charge in [0.25, 0.3) is 0 Å². The van der Waals surface area contributed by atoms with Crippen LogP contribution in [0.15, 0.2) is 42.0 Å². The minimum Gasteiger partial charge on any atom is -0.373 e. The molecule has 72 valence electrons. The summed E-state index contributed by atoms with van der Waals surface area (Å²) in [5, 5.41) is 0. The largest absolute Gasteiger partial charge is 0.373 e. The van der Waals surface area contributed by atoms with Crippen LogP contribution in [0.25, 0.3) is 0 Å². The quantitative estimate of drug-likeness (QED) is 0.519. The molecule has 0 amide bonds. The van der Waals surface area contributed by atoms with Crippen molar-refractivity contribution in [3.05, 3.63) is 47.5 Å². The molecule has 1 nitrogen and oxygen atoms in total. The monoisotopic (exact) mass is 186 g/mol. The van der Waals surface area contributed by atoms with Gasteiger partial charge in [0, 0.05) is 0 Å². The van der Waals surface area contributed by atoms with E-state index in [2.05, 4.69) is 5.92 Å². The molecule has 1 rings (SSSR count). The van der Waals surface area contributed by atoms with Gasteiger partial charge in [0.2, 0.25) is 0 Å². The van der Waals surface area contributed by atoms with Gasteiger partial charge in [0.1, 0.15) is 0 Å². The summed E-state index contributed by atoms with van der Waals surface area (Å²) < 4.78 is 5.42. The standard InChI is InChI=1S/C13H14O/c1-3-12(2)9-10-14-11-13-7-5-4-6-8-13/h1,4-9H,10-11H2,2H3/b12-9-. The molecule has 0 aromatic heterocycles. The highest BCUT2D eigenvalue weighted by molar-refractivity contribution is 5.22. The highest BCUT2D eigenvalue weighted by Crippen LogP contribution is 2.00. The summed E-state index contributed by atoms with van der Waals surface area (Å²) in [6.45, 7) is 3.10. The van der Waals surface area contributed by atoms with Crippen LogP contribution in [0, 0.1) is 12.3 Å². The maximum absolute atomic E-state index is 5.42. The Hall–Kier alpha value is -1.52. The second kappa shape index (κ2) is 6.01. The Labute approximate surface area is 85.4 Å². The normalized spacial score (nSPS) is 11.0. The van der Waals surface area contributed by atoms with E-state index in [9.17, 15) is 0 Å². The highest BCUT2D eigenvalue weighted by atomic mass is 16.5. The first-order valence-electron chi connectivity index (χ1n) is 4.58. The van der Waals surface area contributed by atoms with Gasteiger partial charge >= 0.3 is 0 Å². The van der Waals surface area contributed by atoms with E-state index in [-0.39, 0.29) is 0 Å². The summed E-state index contributed by atoms with van der Waals surface area (Å²) in [7, 11) is 0. The topological polar surface area (TPSA) is 9.23 Å². The van der Waals surface area contributed by atoms with Gasteiger partial charge in [-0.3, -0.25) is 0 Å². The molecule has 0 aliphatic rings. The van der Waals surface area contributed by atoms with Gasteiger partial charge in [-0.15, -0.1) is 6.42 Å². The molecule has 0 aliphatic heterocycles. The van der Waals surface area contributed by atoms with Crippen LogP contribution in [0.4, 0.5) is 0 Å². The van der Waals surface area contributed by atoms with E-state index in [0.29, 0.717) is 13.2 Å². The van der Waals surface area contributed by atoms with Crippen LogP contribution in [0.1, 0.15) is 12.5 Å². The zero-order chi connectivity index (χ0) is 10.2. The van der Waals surface area contributed by atoms with Crippen LogP contribution in [0.3, 0.4) is 0 Å². The van der Waals surface area contributed by atoms with Crippen LogP contribution in [-0.4, -0.2) is 6.61 Å². The van der Waals surface area contributed by atoms with Crippen LogP contribution >= 0.6 is 0 Å². The van der Waals surface area contributed by atoms with E-state index < -0.39 is 0 Å². The number of hydrogen-bond donors (Lipinski definition) is 0. The third kappa shape index (κ3) is 3.93. The van der Waals surface area contributed by atoms with Crippen molar-refractivity contribution in [2.75, 3.05) is 6.61 Å². The van der Waals surface area contributed by atoms with E-state index in [0.717, 1.165) is 5.57 Å². The van der Waals surface area contributed by atoms with Gasteiger partial charge in [0.05, 0.1) is 13.2 Å². The molecule has 0 spiro atoms. The Morgan fingerprint density at radius 2 is 2.14 bits per heavy atom. The van der Waals surface area contributed by atoms with Crippen LogP contribution in [-0.2, 0) is 11.3 Å². The molecule has 0 radical (unpaired) electrons. The lowest BCUT2D eigenvalue weighted by atomic mass is 10.2. The maximum atomic E-state index is 5.42. The minimum atomic E-state index is 0.574. The van der Waals surface area contributed by atoms with E-state index >= 15 is 0 Å². The van der Waals surface area contributed by atoms with Crippen molar-refractivity contribution in [3.8, 4) is 12.3 Å². The van der Waals surface area contributed by atoms with Gasteiger partial charge in [0.15, 0.2) is 0 Å². The molecular weight excluding hydrogens is 172 g/mol. The van der Waals surface area contributed by atoms with E-state index in [1.54, 1.807) is 0 Å². The minimum absolute atomic E-state index is 0.574. The van der Waals surface area contributed by atoms with Gasteiger partial charge in [-0.25, -0.2) is 0 Å². The first-order valence-corrected chi connectivity index (χ1v) is 4.58. The first kappa shape index (κ1) is 10.6. The van der Waals surface area contributed by atoms with Crippen molar-refractivity contribution < 1.29 is 4.74 Å². The lowest BCUT2D eigenvalue weighted by molar-refractivity contribution is 0.148. The predicted octanol–water partition coefficient (Wildman–Crippen LogP) is 2.78. The van der Waals surface area contributed by atoms with Gasteiger partial charge in [-0.05, 0) is 24.1 Å². The molecule has 1 aromatic rings. The lowest BCUT2D eigenvalue weighted by Crippen LogP contribution is -1.92. The number of allylic oxidation sites excluding steroid dienone is 1. The van der Waals surface area contributed by atoms with Crippen molar-refractivity contribution in [1.82, 2.24) is 0 Å². The zero-order valence-electron chi connectivity index (χ0n) is 8.36. The fourth-order valence-electron chi connectivity index (χ4n) is 0.994. The maximum Gasteiger partial charge on any atom is 0.0721 e. The highest BCUT2D eigenvalue weighted by Gasteiger charge is 1.89. The molecule has 1 aromatic carbocycles.